The summed E-state index contributed by atoms with van der Waals surface area (Å²) in [4.78, 5) is 4.01. The molecule has 2 N–H and O–H groups in total. The Hall–Kier alpha value is -1.37. The first kappa shape index (κ1) is 9.72. The summed E-state index contributed by atoms with van der Waals surface area (Å²) in [6, 6.07) is 1.93. The number of ether oxygens (including phenoxy) is 1. The van der Waals surface area contributed by atoms with Gasteiger partial charge in [-0.2, -0.15) is 0 Å². The lowest BCUT2D eigenvalue weighted by atomic mass is 10.2. The normalized spacial score (nSPS) is 9.08. The van der Waals surface area contributed by atoms with Crippen LogP contribution in [0.3, 0.4) is 0 Å². The Morgan fingerprint density at radius 1 is 1.54 bits per heavy atom. The van der Waals surface area contributed by atoms with Crippen LogP contribution in [0.2, 0.25) is 0 Å². The molecule has 1 rings (SSSR count). The van der Waals surface area contributed by atoms with E-state index in [0.29, 0.717) is 13.2 Å². The van der Waals surface area contributed by atoms with Crippen molar-refractivity contribution in [1.29, 1.82) is 0 Å². The van der Waals surface area contributed by atoms with Gasteiger partial charge in [-0.25, -0.2) is 0 Å². The van der Waals surface area contributed by atoms with E-state index in [1.807, 2.05) is 6.07 Å². The summed E-state index contributed by atoms with van der Waals surface area (Å²) in [5.41, 5.74) is 7.33. The molecule has 0 radical (unpaired) electrons. The van der Waals surface area contributed by atoms with Crippen molar-refractivity contribution in [3.8, 4) is 11.8 Å². The number of pyridine rings is 1. The van der Waals surface area contributed by atoms with Gasteiger partial charge < -0.3 is 10.5 Å². The summed E-state index contributed by atoms with van der Waals surface area (Å²) in [5, 5.41) is 0. The Morgan fingerprint density at radius 2 is 2.38 bits per heavy atom. The molecule has 0 aromatic carbocycles. The minimum absolute atomic E-state index is 0.437. The first-order chi connectivity index (χ1) is 6.36. The van der Waals surface area contributed by atoms with Crippen LogP contribution in [0.15, 0.2) is 18.5 Å². The SMILES string of the molecule is COCC#Cc1cncc(CN)c1. The number of rotatable bonds is 2. The molecule has 0 aliphatic heterocycles. The average Bonchev–Trinajstić information content (AvgIpc) is 2.19. The number of nitrogens with two attached hydrogens (primary N) is 1. The summed E-state index contributed by atoms with van der Waals surface area (Å²) in [7, 11) is 1.61. The van der Waals surface area contributed by atoms with Crippen LogP contribution in [0.1, 0.15) is 11.1 Å². The molecule has 0 fully saturated rings. The lowest BCUT2D eigenvalue weighted by Gasteiger charge is -1.94. The molecular formula is C10H12N2O. The maximum absolute atomic E-state index is 5.46. The van der Waals surface area contributed by atoms with Gasteiger partial charge in [-0.3, -0.25) is 4.98 Å². The van der Waals surface area contributed by atoms with Gasteiger partial charge in [0.05, 0.1) is 0 Å². The van der Waals surface area contributed by atoms with E-state index in [2.05, 4.69) is 16.8 Å². The largest absolute Gasteiger partial charge is 0.372 e. The third-order valence-electron chi connectivity index (χ3n) is 1.48. The van der Waals surface area contributed by atoms with E-state index in [9.17, 15) is 0 Å². The van der Waals surface area contributed by atoms with Gasteiger partial charge in [0.2, 0.25) is 0 Å². The second kappa shape index (κ2) is 5.31. The summed E-state index contributed by atoms with van der Waals surface area (Å²) < 4.78 is 4.80. The van der Waals surface area contributed by atoms with Crippen molar-refractivity contribution < 1.29 is 4.74 Å². The van der Waals surface area contributed by atoms with Crippen molar-refractivity contribution in [1.82, 2.24) is 4.98 Å². The van der Waals surface area contributed by atoms with E-state index in [4.69, 9.17) is 10.5 Å². The van der Waals surface area contributed by atoms with Gasteiger partial charge in [-0.05, 0) is 11.6 Å². The van der Waals surface area contributed by atoms with Crippen LogP contribution < -0.4 is 5.73 Å². The zero-order valence-electron chi connectivity index (χ0n) is 7.58. The zero-order chi connectivity index (χ0) is 9.52. The van der Waals surface area contributed by atoms with Crippen molar-refractivity contribution >= 4 is 0 Å². The molecule has 0 spiro atoms. The Kier molecular flexibility index (Phi) is 3.97. The third-order valence-corrected chi connectivity index (χ3v) is 1.48. The molecule has 3 nitrogen and oxygen atoms in total. The minimum Gasteiger partial charge on any atom is -0.372 e. The highest BCUT2D eigenvalue weighted by atomic mass is 16.5. The molecule has 0 aliphatic carbocycles. The minimum atomic E-state index is 0.437. The van der Waals surface area contributed by atoms with Gasteiger partial charge in [-0.1, -0.05) is 11.8 Å². The molecule has 0 bridgehead atoms. The Bertz CT molecular complexity index is 325. The maximum Gasteiger partial charge on any atom is 0.107 e. The Labute approximate surface area is 77.9 Å². The second-order valence-corrected chi connectivity index (χ2v) is 2.52. The number of aromatic nitrogens is 1. The van der Waals surface area contributed by atoms with Crippen molar-refractivity contribution in [3.05, 3.63) is 29.6 Å². The van der Waals surface area contributed by atoms with E-state index < -0.39 is 0 Å². The molecule has 0 saturated carbocycles. The van der Waals surface area contributed by atoms with Gasteiger partial charge >= 0.3 is 0 Å². The fourth-order valence-corrected chi connectivity index (χ4v) is 0.878. The number of nitrogens with zero attached hydrogens (tertiary/aromatic N) is 1. The predicted octanol–water partition coefficient (Wildman–Crippen LogP) is 0.538. The van der Waals surface area contributed by atoms with Gasteiger partial charge in [-0.15, -0.1) is 0 Å². The standard InChI is InChI=1S/C10H12N2O/c1-13-4-2-3-9-5-10(6-11)8-12-7-9/h5,7-8H,4,6,11H2,1H3. The lowest BCUT2D eigenvalue weighted by Crippen LogP contribution is -1.97. The van der Waals surface area contributed by atoms with Gasteiger partial charge in [0.15, 0.2) is 0 Å². The first-order valence-electron chi connectivity index (χ1n) is 3.98. The van der Waals surface area contributed by atoms with Crippen LogP contribution in [-0.2, 0) is 11.3 Å². The fraction of sp³-hybridized carbons (Fsp3) is 0.300. The third kappa shape index (κ3) is 3.24. The molecule has 13 heavy (non-hydrogen) atoms. The summed E-state index contributed by atoms with van der Waals surface area (Å²) in [5.74, 6) is 5.78. The van der Waals surface area contributed by atoms with Crippen LogP contribution in [0.4, 0.5) is 0 Å². The molecule has 0 unspecified atom stereocenters. The van der Waals surface area contributed by atoms with Crippen LogP contribution in [0.5, 0.6) is 0 Å². The van der Waals surface area contributed by atoms with Crippen molar-refractivity contribution in [2.24, 2.45) is 5.73 Å². The molecule has 0 atom stereocenters. The topological polar surface area (TPSA) is 48.1 Å². The number of hydrogen-bond donors (Lipinski definition) is 1. The monoisotopic (exact) mass is 176 g/mol. The molecule has 1 heterocycles. The smallest absolute Gasteiger partial charge is 0.107 e. The van der Waals surface area contributed by atoms with Gasteiger partial charge in [0.1, 0.15) is 6.61 Å². The quantitative estimate of drug-likeness (QED) is 0.669. The van der Waals surface area contributed by atoms with Crippen LogP contribution in [0.25, 0.3) is 0 Å². The van der Waals surface area contributed by atoms with E-state index in [-0.39, 0.29) is 0 Å². The maximum atomic E-state index is 5.46. The van der Waals surface area contributed by atoms with E-state index >= 15 is 0 Å². The van der Waals surface area contributed by atoms with Crippen LogP contribution >= 0.6 is 0 Å². The Morgan fingerprint density at radius 3 is 3.08 bits per heavy atom. The molecule has 68 valence electrons. The average molecular weight is 176 g/mol. The van der Waals surface area contributed by atoms with Crippen LogP contribution in [0, 0.1) is 11.8 Å². The molecular weight excluding hydrogens is 164 g/mol. The number of methoxy groups -OCH3 is 1. The molecule has 1 aromatic rings. The van der Waals surface area contributed by atoms with Crippen molar-refractivity contribution in [3.63, 3.8) is 0 Å². The van der Waals surface area contributed by atoms with Crippen molar-refractivity contribution in [2.75, 3.05) is 13.7 Å². The number of hydrogen-bond acceptors (Lipinski definition) is 3. The van der Waals surface area contributed by atoms with E-state index in [1.165, 1.54) is 0 Å². The molecule has 0 amide bonds. The lowest BCUT2D eigenvalue weighted by molar-refractivity contribution is 0.240. The fourth-order valence-electron chi connectivity index (χ4n) is 0.878. The van der Waals surface area contributed by atoms with Crippen molar-refractivity contribution in [2.45, 2.75) is 6.54 Å². The van der Waals surface area contributed by atoms with E-state index in [0.717, 1.165) is 11.1 Å². The molecule has 1 aromatic heterocycles. The van der Waals surface area contributed by atoms with Gasteiger partial charge in [0, 0.05) is 31.6 Å². The highest BCUT2D eigenvalue weighted by molar-refractivity contribution is 5.34. The first-order valence-corrected chi connectivity index (χ1v) is 3.98. The highest BCUT2D eigenvalue weighted by Gasteiger charge is 1.90. The van der Waals surface area contributed by atoms with Gasteiger partial charge in [0.25, 0.3) is 0 Å². The second-order valence-electron chi connectivity index (χ2n) is 2.52. The summed E-state index contributed by atoms with van der Waals surface area (Å²) in [6.45, 7) is 0.930. The zero-order valence-corrected chi connectivity index (χ0v) is 7.58. The van der Waals surface area contributed by atoms with Crippen LogP contribution in [-0.4, -0.2) is 18.7 Å². The predicted molar refractivity (Wildman–Crippen MR) is 50.9 cm³/mol. The summed E-state index contributed by atoms with van der Waals surface area (Å²) in [6.07, 6.45) is 3.45. The molecule has 0 saturated heterocycles. The summed E-state index contributed by atoms with van der Waals surface area (Å²) >= 11 is 0. The highest BCUT2D eigenvalue weighted by Crippen LogP contribution is 1.99. The molecule has 0 aliphatic rings. The molecule has 3 heteroatoms. The Balaban J connectivity index is 2.73. The van der Waals surface area contributed by atoms with E-state index in [1.54, 1.807) is 19.5 Å².